The molecular formula is C20H19BrN2O4. The number of carbonyl (C=O) groups excluding carboxylic acids is 2. The number of hydrogen-bond acceptors (Lipinski definition) is 5. The van der Waals surface area contributed by atoms with Crippen LogP contribution in [-0.4, -0.2) is 37.3 Å². The molecule has 4 aliphatic rings. The minimum absolute atomic E-state index is 0.170. The smallest absolute Gasteiger partial charge is 0.254 e. The van der Waals surface area contributed by atoms with E-state index in [1.54, 1.807) is 26.4 Å². The van der Waals surface area contributed by atoms with Gasteiger partial charge in [0.05, 0.1) is 36.7 Å². The third kappa shape index (κ3) is 2.15. The fourth-order valence-electron chi connectivity index (χ4n) is 5.28. The minimum atomic E-state index is -0.239. The lowest BCUT2D eigenvalue weighted by Crippen LogP contribution is -2.30. The van der Waals surface area contributed by atoms with Crippen molar-refractivity contribution >= 4 is 34.0 Å². The molecule has 1 aromatic carbocycles. The van der Waals surface area contributed by atoms with Crippen LogP contribution >= 0.6 is 15.9 Å². The van der Waals surface area contributed by atoms with E-state index in [4.69, 9.17) is 9.47 Å². The Bertz CT molecular complexity index is 887. The predicted octanol–water partition coefficient (Wildman–Crippen LogP) is 3.00. The SMILES string of the molecule is COc1cc(OC)c(/C=N\N2C(=O)[C@@H]3[C@@H](C2=O)[C@H]2C=C[C@H]3C23CC3)cc1Br. The van der Waals surface area contributed by atoms with Gasteiger partial charge in [0.2, 0.25) is 0 Å². The number of nitrogens with zero attached hydrogens (tertiary/aromatic N) is 2. The van der Waals surface area contributed by atoms with E-state index in [1.165, 1.54) is 6.21 Å². The Hall–Kier alpha value is -2.15. The highest BCUT2D eigenvalue weighted by Gasteiger charge is 2.73. The predicted molar refractivity (Wildman–Crippen MR) is 101 cm³/mol. The zero-order valence-electron chi connectivity index (χ0n) is 15.0. The Kier molecular flexibility index (Phi) is 3.57. The fraction of sp³-hybridized carbons (Fsp3) is 0.450. The van der Waals surface area contributed by atoms with Crippen LogP contribution in [0, 0.1) is 29.1 Å². The summed E-state index contributed by atoms with van der Waals surface area (Å²) in [6, 6.07) is 3.52. The van der Waals surface area contributed by atoms with Crippen molar-refractivity contribution in [3.63, 3.8) is 0 Å². The van der Waals surface area contributed by atoms with Crippen LogP contribution in [0.15, 0.2) is 33.9 Å². The van der Waals surface area contributed by atoms with Gasteiger partial charge in [-0.1, -0.05) is 12.2 Å². The molecule has 2 amide bonds. The Balaban J connectivity index is 1.44. The van der Waals surface area contributed by atoms with Crippen LogP contribution in [-0.2, 0) is 9.59 Å². The number of benzene rings is 1. The van der Waals surface area contributed by atoms with E-state index in [-0.39, 0.29) is 40.9 Å². The molecule has 0 radical (unpaired) electrons. The molecule has 1 aromatic rings. The number of carbonyl (C=O) groups is 2. The van der Waals surface area contributed by atoms with E-state index in [2.05, 4.69) is 33.2 Å². The first kappa shape index (κ1) is 17.0. The maximum Gasteiger partial charge on any atom is 0.254 e. The second-order valence-corrected chi connectivity index (χ2v) is 8.54. The zero-order chi connectivity index (χ0) is 18.9. The first-order valence-electron chi connectivity index (χ1n) is 9.03. The molecule has 7 heteroatoms. The van der Waals surface area contributed by atoms with Crippen LogP contribution in [0.25, 0.3) is 0 Å². The van der Waals surface area contributed by atoms with Crippen molar-refractivity contribution in [2.45, 2.75) is 12.8 Å². The molecule has 1 aliphatic heterocycles. The van der Waals surface area contributed by atoms with Gasteiger partial charge >= 0.3 is 0 Å². The molecule has 1 spiro atoms. The molecule has 1 heterocycles. The average molecular weight is 431 g/mol. The van der Waals surface area contributed by atoms with Crippen molar-refractivity contribution in [1.29, 1.82) is 0 Å². The van der Waals surface area contributed by atoms with E-state index in [0.29, 0.717) is 17.1 Å². The van der Waals surface area contributed by atoms with E-state index in [1.807, 2.05) is 0 Å². The highest BCUT2D eigenvalue weighted by molar-refractivity contribution is 9.10. The number of imide groups is 1. The summed E-state index contributed by atoms with van der Waals surface area (Å²) in [6.45, 7) is 0. The number of allylic oxidation sites excluding steroid dienone is 2. The largest absolute Gasteiger partial charge is 0.496 e. The van der Waals surface area contributed by atoms with E-state index >= 15 is 0 Å². The number of amides is 2. The average Bonchev–Trinajstić information content (AvgIpc) is 3.27. The van der Waals surface area contributed by atoms with E-state index < -0.39 is 0 Å². The molecule has 3 aliphatic carbocycles. The van der Waals surface area contributed by atoms with Gasteiger partial charge in [0.1, 0.15) is 11.5 Å². The summed E-state index contributed by atoms with van der Waals surface area (Å²) in [4.78, 5) is 25.9. The van der Waals surface area contributed by atoms with E-state index in [9.17, 15) is 9.59 Å². The second-order valence-electron chi connectivity index (χ2n) is 7.68. The third-order valence-electron chi connectivity index (χ3n) is 6.65. The van der Waals surface area contributed by atoms with Crippen LogP contribution < -0.4 is 9.47 Å². The standard InChI is InChI=1S/C20H19BrN2O4/c1-26-14-8-15(27-2)13(21)7-10(14)9-22-23-18(24)16-11-3-4-12(17(16)19(23)25)20(11)5-6-20/h3-4,7-9,11-12,16-17H,5-6H2,1-2H3/b22-9-/t11-,12-,16+,17+/m1/s1. The minimum Gasteiger partial charge on any atom is -0.496 e. The molecule has 0 N–H and O–H groups in total. The van der Waals surface area contributed by atoms with Gasteiger partial charge in [-0.15, -0.1) is 0 Å². The highest BCUT2D eigenvalue weighted by atomic mass is 79.9. The maximum atomic E-state index is 12.9. The summed E-state index contributed by atoms with van der Waals surface area (Å²) >= 11 is 3.43. The fourth-order valence-corrected chi connectivity index (χ4v) is 5.80. The number of fused-ring (bicyclic) bond motifs is 3. The lowest BCUT2D eigenvalue weighted by atomic mass is 9.85. The topological polar surface area (TPSA) is 68.2 Å². The Morgan fingerprint density at radius 3 is 2.19 bits per heavy atom. The molecule has 1 saturated heterocycles. The first-order chi connectivity index (χ1) is 13.0. The van der Waals surface area contributed by atoms with Crippen molar-refractivity contribution in [2.24, 2.45) is 34.2 Å². The number of ether oxygens (including phenoxy) is 2. The summed E-state index contributed by atoms with van der Waals surface area (Å²) in [5, 5.41) is 5.31. The maximum absolute atomic E-state index is 12.9. The summed E-state index contributed by atoms with van der Waals surface area (Å²) < 4.78 is 11.4. The molecule has 2 saturated carbocycles. The van der Waals surface area contributed by atoms with Crippen LogP contribution in [0.3, 0.4) is 0 Å². The van der Waals surface area contributed by atoms with Crippen LogP contribution in [0.1, 0.15) is 18.4 Å². The molecule has 0 aromatic heterocycles. The molecule has 4 atom stereocenters. The van der Waals surface area contributed by atoms with Gasteiger partial charge in [-0.2, -0.15) is 10.1 Å². The van der Waals surface area contributed by atoms with Gasteiger partial charge in [0, 0.05) is 11.6 Å². The molecule has 2 bridgehead atoms. The van der Waals surface area contributed by atoms with Crippen molar-refractivity contribution in [2.75, 3.05) is 14.2 Å². The van der Waals surface area contributed by atoms with Crippen molar-refractivity contribution in [1.82, 2.24) is 5.01 Å². The third-order valence-corrected chi connectivity index (χ3v) is 7.27. The number of hydrogen-bond donors (Lipinski definition) is 0. The quantitative estimate of drug-likeness (QED) is 0.418. The van der Waals surface area contributed by atoms with Crippen LogP contribution in [0.4, 0.5) is 0 Å². The van der Waals surface area contributed by atoms with E-state index in [0.717, 1.165) is 22.3 Å². The van der Waals surface area contributed by atoms with Crippen molar-refractivity contribution < 1.29 is 19.1 Å². The summed E-state index contributed by atoms with van der Waals surface area (Å²) in [6.07, 6.45) is 8.07. The summed E-state index contributed by atoms with van der Waals surface area (Å²) in [5.41, 5.74) is 0.850. The van der Waals surface area contributed by atoms with Gasteiger partial charge in [-0.3, -0.25) is 9.59 Å². The number of methoxy groups -OCH3 is 2. The van der Waals surface area contributed by atoms with Gasteiger partial charge in [0.15, 0.2) is 0 Å². The molecule has 3 fully saturated rings. The monoisotopic (exact) mass is 430 g/mol. The van der Waals surface area contributed by atoms with Gasteiger partial charge in [-0.25, -0.2) is 0 Å². The molecule has 0 unspecified atom stereocenters. The zero-order valence-corrected chi connectivity index (χ0v) is 16.6. The number of rotatable bonds is 4. The first-order valence-corrected chi connectivity index (χ1v) is 9.83. The summed E-state index contributed by atoms with van der Waals surface area (Å²) in [5.74, 6) is 0.767. The number of halogens is 1. The molecule has 6 nitrogen and oxygen atoms in total. The summed E-state index contributed by atoms with van der Waals surface area (Å²) in [7, 11) is 3.12. The normalized spacial score (nSPS) is 32.0. The molecule has 5 rings (SSSR count). The van der Waals surface area contributed by atoms with Crippen molar-refractivity contribution in [3.8, 4) is 11.5 Å². The second kappa shape index (κ2) is 5.67. The number of hydrazone groups is 1. The molecular weight excluding hydrogens is 412 g/mol. The van der Waals surface area contributed by atoms with Gasteiger partial charge < -0.3 is 9.47 Å². The lowest BCUT2D eigenvalue weighted by Gasteiger charge is -2.18. The Morgan fingerprint density at radius 1 is 1.07 bits per heavy atom. The molecule has 27 heavy (non-hydrogen) atoms. The Labute approximate surface area is 165 Å². The van der Waals surface area contributed by atoms with Crippen molar-refractivity contribution in [3.05, 3.63) is 34.3 Å². The van der Waals surface area contributed by atoms with Gasteiger partial charge in [-0.05, 0) is 52.1 Å². The van der Waals surface area contributed by atoms with Crippen LogP contribution in [0.2, 0.25) is 0 Å². The lowest BCUT2D eigenvalue weighted by molar-refractivity contribution is -0.141. The van der Waals surface area contributed by atoms with Gasteiger partial charge in [0.25, 0.3) is 11.8 Å². The highest BCUT2D eigenvalue weighted by Crippen LogP contribution is 2.73. The van der Waals surface area contributed by atoms with Crippen LogP contribution in [0.5, 0.6) is 11.5 Å². The molecule has 140 valence electrons. The Morgan fingerprint density at radius 2 is 1.67 bits per heavy atom.